The van der Waals surface area contributed by atoms with Crippen molar-refractivity contribution in [1.82, 2.24) is 15.5 Å². The van der Waals surface area contributed by atoms with Crippen molar-refractivity contribution in [2.24, 2.45) is 4.99 Å². The molecule has 1 aromatic carbocycles. The molecule has 0 saturated carbocycles. The molecule has 0 aliphatic rings. The first kappa shape index (κ1) is 26.8. The van der Waals surface area contributed by atoms with Gasteiger partial charge in [-0.3, -0.25) is 0 Å². The maximum absolute atomic E-state index is 5.75. The lowest BCUT2D eigenvalue weighted by Crippen LogP contribution is -2.42. The van der Waals surface area contributed by atoms with Gasteiger partial charge in [0.15, 0.2) is 5.96 Å². The summed E-state index contributed by atoms with van der Waals surface area (Å²) in [6.45, 7) is 14.1. The second-order valence-corrected chi connectivity index (χ2v) is 6.50. The summed E-state index contributed by atoms with van der Waals surface area (Å²) in [6.07, 6.45) is 2.31. The van der Waals surface area contributed by atoms with E-state index in [1.165, 1.54) is 6.42 Å². The fourth-order valence-corrected chi connectivity index (χ4v) is 2.80. The molecule has 0 saturated heterocycles. The molecule has 1 aromatic rings. The quantitative estimate of drug-likeness (QED) is 0.185. The van der Waals surface area contributed by atoms with Crippen molar-refractivity contribution < 1.29 is 9.47 Å². The Bertz CT molecular complexity index is 539. The number of guanidine groups is 1. The third kappa shape index (κ3) is 11.6. The first-order valence-corrected chi connectivity index (χ1v) is 10.2. The minimum absolute atomic E-state index is 0. The van der Waals surface area contributed by atoms with Crippen molar-refractivity contribution in [2.75, 3.05) is 46.4 Å². The van der Waals surface area contributed by atoms with Gasteiger partial charge in [-0.15, -0.1) is 24.0 Å². The van der Waals surface area contributed by atoms with E-state index in [4.69, 9.17) is 9.47 Å². The molecule has 162 valence electrons. The number of nitrogens with zero attached hydrogens (tertiary/aromatic N) is 2. The van der Waals surface area contributed by atoms with Crippen LogP contribution in [0.3, 0.4) is 0 Å². The van der Waals surface area contributed by atoms with Crippen molar-refractivity contribution in [3.8, 4) is 11.5 Å². The fraction of sp³-hybridized carbons (Fsp3) is 0.667. The molecule has 0 aliphatic carbocycles. The molecule has 0 radical (unpaired) electrons. The Balaban J connectivity index is 0.00000729. The van der Waals surface area contributed by atoms with Crippen LogP contribution in [-0.4, -0.2) is 63.3 Å². The maximum atomic E-state index is 5.75. The van der Waals surface area contributed by atoms with Crippen molar-refractivity contribution in [1.29, 1.82) is 0 Å². The molecular weight excluding hydrogens is 467 g/mol. The third-order valence-electron chi connectivity index (χ3n) is 4.40. The molecule has 1 unspecified atom stereocenters. The van der Waals surface area contributed by atoms with Crippen LogP contribution in [0.2, 0.25) is 0 Å². The number of ether oxygens (including phenoxy) is 2. The highest BCUT2D eigenvalue weighted by atomic mass is 127. The van der Waals surface area contributed by atoms with Crippen LogP contribution in [0.4, 0.5) is 0 Å². The SMILES string of the molecule is CCNC(=NCCOc1cccc(OC)c1)NC(C)CCCN(CC)CC.I. The Hall–Kier alpha value is -1.22. The second-order valence-electron chi connectivity index (χ2n) is 6.50. The van der Waals surface area contributed by atoms with Gasteiger partial charge in [0.25, 0.3) is 0 Å². The number of rotatable bonds is 13. The Labute approximate surface area is 188 Å². The molecule has 6 nitrogen and oxygen atoms in total. The van der Waals surface area contributed by atoms with Gasteiger partial charge in [-0.2, -0.15) is 0 Å². The fourth-order valence-electron chi connectivity index (χ4n) is 2.80. The molecule has 1 rings (SSSR count). The Morgan fingerprint density at radius 2 is 1.89 bits per heavy atom. The number of nitrogens with one attached hydrogen (secondary N) is 2. The van der Waals surface area contributed by atoms with Crippen LogP contribution in [0.5, 0.6) is 11.5 Å². The van der Waals surface area contributed by atoms with E-state index in [2.05, 4.69) is 48.2 Å². The zero-order chi connectivity index (χ0) is 19.9. The van der Waals surface area contributed by atoms with Crippen LogP contribution < -0.4 is 20.1 Å². The highest BCUT2D eigenvalue weighted by molar-refractivity contribution is 14.0. The predicted molar refractivity (Wildman–Crippen MR) is 130 cm³/mol. The van der Waals surface area contributed by atoms with Gasteiger partial charge >= 0.3 is 0 Å². The average Bonchev–Trinajstić information content (AvgIpc) is 2.69. The van der Waals surface area contributed by atoms with Gasteiger partial charge in [0.05, 0.1) is 13.7 Å². The molecule has 0 bridgehead atoms. The molecule has 0 amide bonds. The number of aliphatic imine (C=N–C) groups is 1. The van der Waals surface area contributed by atoms with Crippen LogP contribution in [0.15, 0.2) is 29.3 Å². The summed E-state index contributed by atoms with van der Waals surface area (Å²) < 4.78 is 11.0. The number of hydrogen-bond donors (Lipinski definition) is 2. The third-order valence-corrected chi connectivity index (χ3v) is 4.40. The van der Waals surface area contributed by atoms with E-state index in [0.29, 0.717) is 19.2 Å². The minimum Gasteiger partial charge on any atom is -0.497 e. The molecular formula is C21H39IN4O2. The Kier molecular flexibility index (Phi) is 16.0. The van der Waals surface area contributed by atoms with Gasteiger partial charge in [0.2, 0.25) is 0 Å². The predicted octanol–water partition coefficient (Wildman–Crippen LogP) is 3.76. The van der Waals surface area contributed by atoms with Gasteiger partial charge in [0, 0.05) is 18.7 Å². The molecule has 0 aromatic heterocycles. The number of methoxy groups -OCH3 is 1. The number of halogens is 1. The lowest BCUT2D eigenvalue weighted by Gasteiger charge is -2.21. The van der Waals surface area contributed by atoms with Crippen LogP contribution >= 0.6 is 24.0 Å². The lowest BCUT2D eigenvalue weighted by atomic mass is 10.2. The van der Waals surface area contributed by atoms with E-state index in [0.717, 1.165) is 50.1 Å². The van der Waals surface area contributed by atoms with Gasteiger partial charge in [-0.05, 0) is 58.5 Å². The number of benzene rings is 1. The summed E-state index contributed by atoms with van der Waals surface area (Å²) in [7, 11) is 1.65. The maximum Gasteiger partial charge on any atom is 0.191 e. The molecule has 0 heterocycles. The molecule has 0 spiro atoms. The van der Waals surface area contributed by atoms with E-state index in [9.17, 15) is 0 Å². The van der Waals surface area contributed by atoms with Crippen molar-refractivity contribution >= 4 is 29.9 Å². The minimum atomic E-state index is 0. The zero-order valence-corrected chi connectivity index (χ0v) is 20.5. The van der Waals surface area contributed by atoms with Crippen LogP contribution in [0, 0.1) is 0 Å². The largest absolute Gasteiger partial charge is 0.497 e. The van der Waals surface area contributed by atoms with Crippen molar-refractivity contribution in [2.45, 2.75) is 46.6 Å². The lowest BCUT2D eigenvalue weighted by molar-refractivity contribution is 0.292. The van der Waals surface area contributed by atoms with E-state index >= 15 is 0 Å². The van der Waals surface area contributed by atoms with Gasteiger partial charge in [0.1, 0.15) is 18.1 Å². The van der Waals surface area contributed by atoms with E-state index in [-0.39, 0.29) is 24.0 Å². The summed E-state index contributed by atoms with van der Waals surface area (Å²) in [5, 5.41) is 6.79. The zero-order valence-electron chi connectivity index (χ0n) is 18.2. The smallest absolute Gasteiger partial charge is 0.191 e. The highest BCUT2D eigenvalue weighted by Gasteiger charge is 2.06. The van der Waals surface area contributed by atoms with E-state index in [1.807, 2.05) is 24.3 Å². The molecule has 28 heavy (non-hydrogen) atoms. The van der Waals surface area contributed by atoms with Gasteiger partial charge in [-0.1, -0.05) is 19.9 Å². The summed E-state index contributed by atoms with van der Waals surface area (Å²) >= 11 is 0. The second kappa shape index (κ2) is 16.7. The van der Waals surface area contributed by atoms with Gasteiger partial charge < -0.3 is 25.0 Å². The van der Waals surface area contributed by atoms with E-state index in [1.54, 1.807) is 7.11 Å². The topological polar surface area (TPSA) is 58.1 Å². The molecule has 0 fully saturated rings. The monoisotopic (exact) mass is 506 g/mol. The molecule has 2 N–H and O–H groups in total. The summed E-state index contributed by atoms with van der Waals surface area (Å²) in [6, 6.07) is 8.01. The normalized spacial score (nSPS) is 12.3. The standard InChI is InChI=1S/C21H38N4O2.HI/c1-6-22-21(24-18(4)11-10-15-25(7-2)8-3)23-14-16-27-20-13-9-12-19(17-20)26-5;/h9,12-13,17-18H,6-8,10-11,14-16H2,1-5H3,(H2,22,23,24);1H. The summed E-state index contributed by atoms with van der Waals surface area (Å²) in [5.74, 6) is 2.44. The summed E-state index contributed by atoms with van der Waals surface area (Å²) in [5.41, 5.74) is 0. The van der Waals surface area contributed by atoms with Crippen molar-refractivity contribution in [3.63, 3.8) is 0 Å². The van der Waals surface area contributed by atoms with Gasteiger partial charge in [-0.25, -0.2) is 4.99 Å². The van der Waals surface area contributed by atoms with Crippen LogP contribution in [0.25, 0.3) is 0 Å². The Morgan fingerprint density at radius 3 is 2.54 bits per heavy atom. The molecule has 0 aliphatic heterocycles. The highest BCUT2D eigenvalue weighted by Crippen LogP contribution is 2.18. The first-order chi connectivity index (χ1) is 13.1. The van der Waals surface area contributed by atoms with E-state index < -0.39 is 0 Å². The molecule has 7 heteroatoms. The average molecular weight is 506 g/mol. The van der Waals surface area contributed by atoms with Crippen molar-refractivity contribution in [3.05, 3.63) is 24.3 Å². The van der Waals surface area contributed by atoms with Crippen LogP contribution in [0.1, 0.15) is 40.5 Å². The van der Waals surface area contributed by atoms with Crippen LogP contribution in [-0.2, 0) is 0 Å². The molecule has 1 atom stereocenters. The summed E-state index contributed by atoms with van der Waals surface area (Å²) in [4.78, 5) is 7.07. The number of hydrogen-bond acceptors (Lipinski definition) is 4. The Morgan fingerprint density at radius 1 is 1.18 bits per heavy atom. The first-order valence-electron chi connectivity index (χ1n) is 10.2.